The van der Waals surface area contributed by atoms with Crippen molar-refractivity contribution in [3.05, 3.63) is 61.4 Å². The molecular formula is C23H26N6O3S2. The van der Waals surface area contributed by atoms with Crippen molar-refractivity contribution in [1.29, 1.82) is 0 Å². The van der Waals surface area contributed by atoms with Gasteiger partial charge in [0.05, 0.1) is 10.6 Å². The van der Waals surface area contributed by atoms with Crippen LogP contribution in [0.25, 0.3) is 11.4 Å². The third kappa shape index (κ3) is 5.54. The molecule has 9 nitrogen and oxygen atoms in total. The molecule has 34 heavy (non-hydrogen) atoms. The molecule has 1 fully saturated rings. The molecule has 1 saturated heterocycles. The first kappa shape index (κ1) is 24.1. The van der Waals surface area contributed by atoms with Crippen LogP contribution in [-0.4, -0.2) is 57.2 Å². The summed E-state index contributed by atoms with van der Waals surface area (Å²) in [6.07, 6.45) is 7.89. The predicted octanol–water partition coefficient (Wildman–Crippen LogP) is 3.43. The molecule has 1 N–H and O–H groups in total. The second-order valence-electron chi connectivity index (χ2n) is 7.77. The lowest BCUT2D eigenvalue weighted by atomic mass is 10.2. The van der Waals surface area contributed by atoms with Crippen LogP contribution < -0.4 is 5.32 Å². The highest BCUT2D eigenvalue weighted by Gasteiger charge is 2.26. The average Bonchev–Trinajstić information content (AvgIpc) is 3.27. The van der Waals surface area contributed by atoms with Crippen LogP contribution >= 0.6 is 11.8 Å². The Bertz CT molecular complexity index is 1250. The van der Waals surface area contributed by atoms with Gasteiger partial charge in [0.1, 0.15) is 0 Å². The fourth-order valence-corrected chi connectivity index (χ4v) is 6.03. The zero-order valence-corrected chi connectivity index (χ0v) is 20.3. The Hall–Kier alpha value is -3.02. The van der Waals surface area contributed by atoms with Crippen LogP contribution in [0.15, 0.2) is 71.5 Å². The summed E-state index contributed by atoms with van der Waals surface area (Å²) in [6.45, 7) is 5.35. The minimum absolute atomic E-state index is 0.0920. The van der Waals surface area contributed by atoms with Gasteiger partial charge in [-0.15, -0.1) is 16.8 Å². The van der Waals surface area contributed by atoms with E-state index in [2.05, 4.69) is 27.1 Å². The highest BCUT2D eigenvalue weighted by Crippen LogP contribution is 2.25. The van der Waals surface area contributed by atoms with E-state index in [0.29, 0.717) is 36.3 Å². The standard InChI is InChI=1S/C23H26N6O3S2/c1-2-13-29-22(18-9-11-24-12-10-18)26-27-23(29)33-17-21(30)25-19-7-6-8-20(16-19)34(31,32)28-14-4-3-5-15-28/h2,6-12,16H,1,3-5,13-15,17H2,(H,25,30). The molecule has 0 unspecified atom stereocenters. The van der Waals surface area contributed by atoms with Gasteiger partial charge in [-0.05, 0) is 43.2 Å². The molecule has 0 bridgehead atoms. The van der Waals surface area contributed by atoms with Gasteiger partial charge in [0.15, 0.2) is 11.0 Å². The molecule has 0 saturated carbocycles. The highest BCUT2D eigenvalue weighted by molar-refractivity contribution is 7.99. The molecule has 3 heterocycles. The van der Waals surface area contributed by atoms with E-state index < -0.39 is 10.0 Å². The molecule has 2 aromatic heterocycles. The first-order chi connectivity index (χ1) is 16.5. The Morgan fingerprint density at radius 1 is 1.12 bits per heavy atom. The number of thioether (sulfide) groups is 1. The lowest BCUT2D eigenvalue weighted by molar-refractivity contribution is -0.113. The highest BCUT2D eigenvalue weighted by atomic mass is 32.2. The van der Waals surface area contributed by atoms with Crippen LogP contribution in [0.1, 0.15) is 19.3 Å². The monoisotopic (exact) mass is 498 g/mol. The molecule has 1 aromatic carbocycles. The minimum Gasteiger partial charge on any atom is -0.325 e. The van der Waals surface area contributed by atoms with Crippen LogP contribution in [0.3, 0.4) is 0 Å². The summed E-state index contributed by atoms with van der Waals surface area (Å²) < 4.78 is 29.3. The number of rotatable bonds is 9. The maximum Gasteiger partial charge on any atom is 0.243 e. The first-order valence-electron chi connectivity index (χ1n) is 11.0. The third-order valence-electron chi connectivity index (χ3n) is 5.37. The summed E-state index contributed by atoms with van der Waals surface area (Å²) in [5.41, 5.74) is 1.31. The number of carbonyl (C=O) groups excluding carboxylic acids is 1. The second kappa shape index (κ2) is 10.9. The normalized spacial score (nSPS) is 14.6. The van der Waals surface area contributed by atoms with Gasteiger partial charge in [-0.3, -0.25) is 14.3 Å². The number of amides is 1. The van der Waals surface area contributed by atoms with Crippen molar-refractivity contribution in [2.75, 3.05) is 24.2 Å². The van der Waals surface area contributed by atoms with Crippen molar-refractivity contribution < 1.29 is 13.2 Å². The summed E-state index contributed by atoms with van der Waals surface area (Å²) in [5.74, 6) is 0.492. The lowest BCUT2D eigenvalue weighted by Crippen LogP contribution is -2.35. The van der Waals surface area contributed by atoms with Gasteiger partial charge in [-0.2, -0.15) is 4.31 Å². The minimum atomic E-state index is -3.57. The van der Waals surface area contributed by atoms with Crippen molar-refractivity contribution in [2.45, 2.75) is 35.9 Å². The van der Waals surface area contributed by atoms with Gasteiger partial charge in [0.2, 0.25) is 15.9 Å². The fraction of sp³-hybridized carbons (Fsp3) is 0.304. The molecule has 0 spiro atoms. The Morgan fingerprint density at radius 3 is 2.62 bits per heavy atom. The molecule has 11 heteroatoms. The number of nitrogens with one attached hydrogen (secondary N) is 1. The fourth-order valence-electron chi connectivity index (χ4n) is 3.72. The number of benzene rings is 1. The molecule has 3 aromatic rings. The van der Waals surface area contributed by atoms with Gasteiger partial charge in [-0.1, -0.05) is 30.3 Å². The van der Waals surface area contributed by atoms with Gasteiger partial charge in [0.25, 0.3) is 0 Å². The summed E-state index contributed by atoms with van der Waals surface area (Å²) in [7, 11) is -3.57. The van der Waals surface area contributed by atoms with Crippen LogP contribution in [0.5, 0.6) is 0 Å². The summed E-state index contributed by atoms with van der Waals surface area (Å²) in [6, 6.07) is 10.1. The molecule has 1 aliphatic rings. The molecule has 0 atom stereocenters. The Kier molecular flexibility index (Phi) is 7.76. The number of aromatic nitrogens is 4. The largest absolute Gasteiger partial charge is 0.325 e. The second-order valence-corrected chi connectivity index (χ2v) is 10.7. The van der Waals surface area contributed by atoms with Gasteiger partial charge < -0.3 is 5.32 Å². The van der Waals surface area contributed by atoms with Crippen LogP contribution in [-0.2, 0) is 21.4 Å². The Balaban J connectivity index is 1.43. The molecule has 1 amide bonds. The summed E-state index contributed by atoms with van der Waals surface area (Å²) in [4.78, 5) is 16.8. The molecular weight excluding hydrogens is 472 g/mol. The number of carbonyl (C=O) groups is 1. The Morgan fingerprint density at radius 2 is 1.88 bits per heavy atom. The van der Waals surface area contributed by atoms with E-state index in [1.54, 1.807) is 36.7 Å². The van der Waals surface area contributed by atoms with Crippen molar-refractivity contribution in [2.24, 2.45) is 0 Å². The van der Waals surface area contributed by atoms with E-state index in [4.69, 9.17) is 0 Å². The maximum absolute atomic E-state index is 12.9. The summed E-state index contributed by atoms with van der Waals surface area (Å²) >= 11 is 1.25. The maximum atomic E-state index is 12.9. The molecule has 1 aliphatic heterocycles. The van der Waals surface area contributed by atoms with E-state index in [-0.39, 0.29) is 16.6 Å². The number of hydrogen-bond acceptors (Lipinski definition) is 7. The van der Waals surface area contributed by atoms with E-state index in [1.807, 2.05) is 16.7 Å². The Labute approximate surface area is 203 Å². The third-order valence-corrected chi connectivity index (χ3v) is 8.23. The average molecular weight is 499 g/mol. The zero-order valence-electron chi connectivity index (χ0n) is 18.6. The number of anilines is 1. The van der Waals surface area contributed by atoms with Gasteiger partial charge >= 0.3 is 0 Å². The predicted molar refractivity (Wildman–Crippen MR) is 132 cm³/mol. The van der Waals surface area contributed by atoms with E-state index in [0.717, 1.165) is 24.8 Å². The quantitative estimate of drug-likeness (QED) is 0.355. The van der Waals surface area contributed by atoms with Crippen LogP contribution in [0.2, 0.25) is 0 Å². The molecule has 0 radical (unpaired) electrons. The number of pyridine rings is 1. The van der Waals surface area contributed by atoms with Gasteiger partial charge in [-0.25, -0.2) is 8.42 Å². The zero-order chi connectivity index (χ0) is 24.0. The number of allylic oxidation sites excluding steroid dienone is 1. The molecule has 178 valence electrons. The van der Waals surface area contributed by atoms with E-state index in [1.165, 1.54) is 22.1 Å². The first-order valence-corrected chi connectivity index (χ1v) is 13.4. The molecule has 4 rings (SSSR count). The van der Waals surface area contributed by atoms with E-state index in [9.17, 15) is 13.2 Å². The van der Waals surface area contributed by atoms with Crippen LogP contribution in [0.4, 0.5) is 5.69 Å². The lowest BCUT2D eigenvalue weighted by Gasteiger charge is -2.26. The number of nitrogens with zero attached hydrogens (tertiary/aromatic N) is 5. The number of hydrogen-bond donors (Lipinski definition) is 1. The van der Waals surface area contributed by atoms with Crippen molar-refractivity contribution in [3.63, 3.8) is 0 Å². The molecule has 0 aliphatic carbocycles. The number of sulfonamides is 1. The number of piperidine rings is 1. The van der Waals surface area contributed by atoms with Crippen molar-refractivity contribution >= 4 is 33.4 Å². The summed E-state index contributed by atoms with van der Waals surface area (Å²) in [5, 5.41) is 11.9. The van der Waals surface area contributed by atoms with Crippen molar-refractivity contribution in [3.8, 4) is 11.4 Å². The van der Waals surface area contributed by atoms with Gasteiger partial charge in [0, 0.05) is 43.3 Å². The van der Waals surface area contributed by atoms with Crippen molar-refractivity contribution in [1.82, 2.24) is 24.1 Å². The van der Waals surface area contributed by atoms with E-state index >= 15 is 0 Å². The SMILES string of the molecule is C=CCn1c(SCC(=O)Nc2cccc(S(=O)(=O)N3CCCCC3)c2)nnc1-c1ccncc1. The smallest absolute Gasteiger partial charge is 0.243 e. The van der Waals surface area contributed by atoms with Crippen LogP contribution in [0, 0.1) is 0 Å². The topological polar surface area (TPSA) is 110 Å².